The Balaban J connectivity index is 1.44. The maximum absolute atomic E-state index is 12.8. The van der Waals surface area contributed by atoms with Crippen LogP contribution in [0.4, 0.5) is 0 Å². The molecule has 0 N–H and O–H groups in total. The van der Waals surface area contributed by atoms with Gasteiger partial charge >= 0.3 is 0 Å². The van der Waals surface area contributed by atoms with Crippen molar-refractivity contribution >= 4 is 16.9 Å². The highest BCUT2D eigenvalue weighted by Crippen LogP contribution is 2.19. The van der Waals surface area contributed by atoms with Gasteiger partial charge in [-0.25, -0.2) is 4.98 Å². The van der Waals surface area contributed by atoms with E-state index in [-0.39, 0.29) is 5.91 Å². The molecule has 0 unspecified atom stereocenters. The van der Waals surface area contributed by atoms with Crippen LogP contribution in [0.3, 0.4) is 0 Å². The molecular weight excluding hydrogens is 302 g/mol. The molecule has 1 aromatic heterocycles. The van der Waals surface area contributed by atoms with Crippen molar-refractivity contribution in [3.05, 3.63) is 36.2 Å². The van der Waals surface area contributed by atoms with Gasteiger partial charge in [0.1, 0.15) is 5.69 Å². The lowest BCUT2D eigenvalue weighted by Crippen LogP contribution is -2.50. The summed E-state index contributed by atoms with van der Waals surface area (Å²) in [5, 5.41) is 0. The Labute approximate surface area is 142 Å². The summed E-state index contributed by atoms with van der Waals surface area (Å²) in [7, 11) is 2.17. The van der Waals surface area contributed by atoms with Gasteiger partial charge in [0.2, 0.25) is 0 Å². The maximum Gasteiger partial charge on any atom is 0.274 e. The van der Waals surface area contributed by atoms with E-state index in [9.17, 15) is 4.79 Å². The highest BCUT2D eigenvalue weighted by atomic mass is 16.2. The number of carbonyl (C=O) groups excluding carboxylic acids is 1. The van der Waals surface area contributed by atoms with Crippen LogP contribution in [0.2, 0.25) is 0 Å². The average Bonchev–Trinajstić information content (AvgIpc) is 3.11. The van der Waals surface area contributed by atoms with Crippen molar-refractivity contribution in [2.24, 2.45) is 0 Å². The fourth-order valence-corrected chi connectivity index (χ4v) is 3.63. The predicted molar refractivity (Wildman–Crippen MR) is 92.9 cm³/mol. The van der Waals surface area contributed by atoms with Gasteiger partial charge in [-0.1, -0.05) is 12.1 Å². The molecule has 1 aromatic carbocycles. The molecule has 0 saturated carbocycles. The number of hydrogen-bond donors (Lipinski definition) is 0. The van der Waals surface area contributed by atoms with Crippen molar-refractivity contribution in [1.29, 1.82) is 0 Å². The van der Waals surface area contributed by atoms with Gasteiger partial charge in [0, 0.05) is 45.3 Å². The molecule has 3 heterocycles. The number of fused-ring (bicyclic) bond motifs is 1. The Morgan fingerprint density at radius 2 is 1.83 bits per heavy atom. The van der Waals surface area contributed by atoms with Crippen LogP contribution in [0.5, 0.6) is 0 Å². The van der Waals surface area contributed by atoms with Gasteiger partial charge in [0.25, 0.3) is 5.91 Å². The molecule has 126 valence electrons. The summed E-state index contributed by atoms with van der Waals surface area (Å²) in [6.07, 6.45) is 2.66. The number of rotatable bonds is 2. The normalized spacial score (nSPS) is 23.0. The molecule has 0 radical (unpaired) electrons. The molecule has 4 rings (SSSR count). The number of piperazine rings is 1. The number of amides is 1. The monoisotopic (exact) mass is 325 g/mol. The Bertz CT molecular complexity index is 741. The number of hydrogen-bond acceptors (Lipinski definition) is 5. The van der Waals surface area contributed by atoms with Crippen molar-refractivity contribution in [1.82, 2.24) is 24.7 Å². The fraction of sp³-hybridized carbons (Fsp3) is 0.500. The topological polar surface area (TPSA) is 52.6 Å². The summed E-state index contributed by atoms with van der Waals surface area (Å²) in [5.74, 6) is 0.00452. The standard InChI is InChI=1S/C18H23N5O/c1-21-8-10-22(11-9-21)14-6-7-23(13-14)18(24)17-12-19-15-4-2-3-5-16(15)20-17/h2-5,12,14H,6-11,13H2,1H3/t14-/m1/s1. The highest BCUT2D eigenvalue weighted by molar-refractivity contribution is 5.94. The van der Waals surface area contributed by atoms with Gasteiger partial charge in [-0.2, -0.15) is 0 Å². The van der Waals surface area contributed by atoms with E-state index in [1.807, 2.05) is 29.2 Å². The summed E-state index contributed by atoms with van der Waals surface area (Å²) < 4.78 is 0. The van der Waals surface area contributed by atoms with Gasteiger partial charge in [0.15, 0.2) is 0 Å². The van der Waals surface area contributed by atoms with Crippen LogP contribution in [0, 0.1) is 0 Å². The molecule has 0 aliphatic carbocycles. The highest BCUT2D eigenvalue weighted by Gasteiger charge is 2.32. The number of nitrogens with zero attached hydrogens (tertiary/aromatic N) is 5. The summed E-state index contributed by atoms with van der Waals surface area (Å²) in [6.45, 7) is 6.03. The van der Waals surface area contributed by atoms with Gasteiger partial charge in [-0.15, -0.1) is 0 Å². The van der Waals surface area contributed by atoms with Crippen LogP contribution in [0.25, 0.3) is 11.0 Å². The van der Waals surface area contributed by atoms with Crippen LogP contribution in [-0.2, 0) is 0 Å². The number of para-hydroxylation sites is 2. The van der Waals surface area contributed by atoms with E-state index in [0.29, 0.717) is 11.7 Å². The third-order valence-corrected chi connectivity index (χ3v) is 5.17. The molecule has 24 heavy (non-hydrogen) atoms. The number of carbonyl (C=O) groups is 1. The molecule has 1 atom stereocenters. The average molecular weight is 325 g/mol. The zero-order valence-electron chi connectivity index (χ0n) is 14.1. The third kappa shape index (κ3) is 2.99. The van der Waals surface area contributed by atoms with Crippen LogP contribution in [0.1, 0.15) is 16.9 Å². The third-order valence-electron chi connectivity index (χ3n) is 5.17. The number of aromatic nitrogens is 2. The molecule has 6 heteroatoms. The van der Waals surface area contributed by atoms with Crippen LogP contribution in [0.15, 0.2) is 30.5 Å². The zero-order chi connectivity index (χ0) is 16.5. The minimum absolute atomic E-state index is 0.00452. The van der Waals surface area contributed by atoms with E-state index in [1.165, 1.54) is 0 Å². The molecule has 6 nitrogen and oxygen atoms in total. The second kappa shape index (κ2) is 6.45. The van der Waals surface area contributed by atoms with Gasteiger partial charge < -0.3 is 9.80 Å². The van der Waals surface area contributed by atoms with Crippen LogP contribution in [-0.4, -0.2) is 82.9 Å². The van der Waals surface area contributed by atoms with E-state index in [0.717, 1.165) is 56.7 Å². The van der Waals surface area contributed by atoms with Crippen LogP contribution >= 0.6 is 0 Å². The number of likely N-dealkylation sites (tertiary alicyclic amines) is 1. The number of benzene rings is 1. The lowest BCUT2D eigenvalue weighted by molar-refractivity contribution is 0.0750. The van der Waals surface area contributed by atoms with Crippen molar-refractivity contribution in [3.63, 3.8) is 0 Å². The van der Waals surface area contributed by atoms with E-state index in [1.54, 1.807) is 6.20 Å². The first kappa shape index (κ1) is 15.5. The van der Waals surface area contributed by atoms with Crippen molar-refractivity contribution in [2.75, 3.05) is 46.3 Å². The largest absolute Gasteiger partial charge is 0.336 e. The van der Waals surface area contributed by atoms with E-state index < -0.39 is 0 Å². The van der Waals surface area contributed by atoms with Gasteiger partial charge in [-0.05, 0) is 25.6 Å². The van der Waals surface area contributed by atoms with E-state index in [4.69, 9.17) is 0 Å². The van der Waals surface area contributed by atoms with Crippen LogP contribution < -0.4 is 0 Å². The summed E-state index contributed by atoms with van der Waals surface area (Å²) >= 11 is 0. The second-order valence-electron chi connectivity index (χ2n) is 6.78. The first-order valence-electron chi connectivity index (χ1n) is 8.64. The Kier molecular flexibility index (Phi) is 4.16. The molecule has 2 aromatic rings. The lowest BCUT2D eigenvalue weighted by atomic mass is 10.2. The minimum atomic E-state index is 0.00452. The molecule has 0 bridgehead atoms. The summed E-state index contributed by atoms with van der Waals surface area (Å²) in [4.78, 5) is 28.4. The fourth-order valence-electron chi connectivity index (χ4n) is 3.63. The SMILES string of the molecule is CN1CCN([C@@H]2CCN(C(=O)c3cnc4ccccc4n3)C2)CC1. The number of likely N-dealkylation sites (N-methyl/N-ethyl adjacent to an activating group) is 1. The molecule has 2 fully saturated rings. The first-order chi connectivity index (χ1) is 11.7. The molecule has 2 saturated heterocycles. The van der Waals surface area contributed by atoms with E-state index >= 15 is 0 Å². The molecule has 2 aliphatic heterocycles. The van der Waals surface area contributed by atoms with E-state index in [2.05, 4.69) is 26.8 Å². The molecule has 1 amide bonds. The zero-order valence-corrected chi connectivity index (χ0v) is 14.1. The Morgan fingerprint density at radius 3 is 2.62 bits per heavy atom. The van der Waals surface area contributed by atoms with Crippen molar-refractivity contribution in [3.8, 4) is 0 Å². The first-order valence-corrected chi connectivity index (χ1v) is 8.64. The smallest absolute Gasteiger partial charge is 0.274 e. The molecule has 0 spiro atoms. The predicted octanol–water partition coefficient (Wildman–Crippen LogP) is 1.09. The molecular formula is C18H23N5O. The Hall–Kier alpha value is -2.05. The van der Waals surface area contributed by atoms with Gasteiger partial charge in [0.05, 0.1) is 17.2 Å². The quantitative estimate of drug-likeness (QED) is 0.827. The summed E-state index contributed by atoms with van der Waals surface area (Å²) in [6, 6.07) is 8.15. The minimum Gasteiger partial charge on any atom is -0.336 e. The van der Waals surface area contributed by atoms with Crippen molar-refractivity contribution in [2.45, 2.75) is 12.5 Å². The van der Waals surface area contributed by atoms with Gasteiger partial charge in [-0.3, -0.25) is 14.7 Å². The lowest BCUT2D eigenvalue weighted by Gasteiger charge is -2.36. The maximum atomic E-state index is 12.8. The van der Waals surface area contributed by atoms with Crippen molar-refractivity contribution < 1.29 is 4.79 Å². The second-order valence-corrected chi connectivity index (χ2v) is 6.78. The molecule has 2 aliphatic rings. The summed E-state index contributed by atoms with van der Waals surface area (Å²) in [5.41, 5.74) is 2.05. The Morgan fingerprint density at radius 1 is 1.08 bits per heavy atom.